The molecule has 1 amide bonds. The zero-order chi connectivity index (χ0) is 10.8. The molecule has 1 aliphatic carbocycles. The predicted molar refractivity (Wildman–Crippen MR) is 52.9 cm³/mol. The fraction of sp³-hybridized carbons (Fsp3) is 0.900. The number of ether oxygens (including phenoxy) is 1. The molecule has 4 heteroatoms. The van der Waals surface area contributed by atoms with Crippen molar-refractivity contribution in [1.82, 2.24) is 5.32 Å². The molecule has 0 radical (unpaired) electrons. The van der Waals surface area contributed by atoms with E-state index in [1.54, 1.807) is 0 Å². The van der Waals surface area contributed by atoms with Crippen LogP contribution < -0.4 is 5.32 Å². The van der Waals surface area contributed by atoms with E-state index >= 15 is 0 Å². The lowest BCUT2D eigenvalue weighted by Gasteiger charge is -2.32. The highest BCUT2D eigenvalue weighted by atomic mass is 16.5. The largest absolute Gasteiger partial charge is 0.393 e. The van der Waals surface area contributed by atoms with Gasteiger partial charge in [0.05, 0.1) is 11.7 Å². The number of nitrogens with one attached hydrogen (secondary N) is 1. The summed E-state index contributed by atoms with van der Waals surface area (Å²) in [7, 11) is 0. The minimum Gasteiger partial charge on any atom is -0.393 e. The van der Waals surface area contributed by atoms with E-state index in [1.165, 1.54) is 0 Å². The Hall–Kier alpha value is -0.610. The van der Waals surface area contributed by atoms with E-state index in [0.717, 1.165) is 0 Å². The smallest absolute Gasteiger partial charge is 0.246 e. The molecule has 1 aliphatic rings. The van der Waals surface area contributed by atoms with Crippen LogP contribution in [-0.2, 0) is 9.53 Å². The van der Waals surface area contributed by atoms with E-state index in [1.807, 2.05) is 20.8 Å². The molecule has 1 fully saturated rings. The van der Waals surface area contributed by atoms with Gasteiger partial charge >= 0.3 is 0 Å². The summed E-state index contributed by atoms with van der Waals surface area (Å²) in [6.45, 7) is 5.82. The highest BCUT2D eigenvalue weighted by molar-refractivity contribution is 5.77. The van der Waals surface area contributed by atoms with Gasteiger partial charge < -0.3 is 15.2 Å². The van der Waals surface area contributed by atoms with E-state index < -0.39 is 0 Å². The number of carbonyl (C=O) groups is 1. The first-order valence-electron chi connectivity index (χ1n) is 4.98. The van der Waals surface area contributed by atoms with Crippen LogP contribution in [0.5, 0.6) is 0 Å². The molecule has 0 aromatic heterocycles. The summed E-state index contributed by atoms with van der Waals surface area (Å²) >= 11 is 0. The third-order valence-corrected chi connectivity index (χ3v) is 2.11. The van der Waals surface area contributed by atoms with Gasteiger partial charge in [-0.2, -0.15) is 0 Å². The van der Waals surface area contributed by atoms with Gasteiger partial charge in [-0.25, -0.2) is 0 Å². The van der Waals surface area contributed by atoms with Crippen molar-refractivity contribution >= 4 is 5.91 Å². The summed E-state index contributed by atoms with van der Waals surface area (Å²) in [4.78, 5) is 11.3. The SMILES string of the molecule is CC(C)(C)OCC(=O)NC1CC(O)C1. The van der Waals surface area contributed by atoms with Crippen molar-refractivity contribution in [3.63, 3.8) is 0 Å². The second-order valence-electron chi connectivity index (χ2n) is 4.79. The Morgan fingerprint density at radius 1 is 1.50 bits per heavy atom. The minimum atomic E-state index is -0.281. The van der Waals surface area contributed by atoms with E-state index in [2.05, 4.69) is 5.32 Å². The van der Waals surface area contributed by atoms with Crippen molar-refractivity contribution < 1.29 is 14.6 Å². The summed E-state index contributed by atoms with van der Waals surface area (Å²) < 4.78 is 5.31. The minimum absolute atomic E-state index is 0.0933. The monoisotopic (exact) mass is 201 g/mol. The first-order chi connectivity index (χ1) is 6.37. The van der Waals surface area contributed by atoms with Gasteiger partial charge in [-0.1, -0.05) is 0 Å². The van der Waals surface area contributed by atoms with Gasteiger partial charge in [-0.15, -0.1) is 0 Å². The fourth-order valence-electron chi connectivity index (χ4n) is 1.26. The van der Waals surface area contributed by atoms with Crippen molar-refractivity contribution in [3.05, 3.63) is 0 Å². The van der Waals surface area contributed by atoms with E-state index in [9.17, 15) is 4.79 Å². The maximum Gasteiger partial charge on any atom is 0.246 e. The maximum atomic E-state index is 11.3. The number of carbonyl (C=O) groups excluding carboxylic acids is 1. The van der Waals surface area contributed by atoms with Gasteiger partial charge in [0, 0.05) is 6.04 Å². The summed E-state index contributed by atoms with van der Waals surface area (Å²) in [6.07, 6.45) is 1.10. The number of amides is 1. The van der Waals surface area contributed by atoms with Crippen molar-refractivity contribution in [2.45, 2.75) is 51.4 Å². The lowest BCUT2D eigenvalue weighted by Crippen LogP contribution is -2.48. The van der Waals surface area contributed by atoms with Crippen molar-refractivity contribution in [2.24, 2.45) is 0 Å². The average Bonchev–Trinajstić information content (AvgIpc) is 1.97. The van der Waals surface area contributed by atoms with Gasteiger partial charge in [-0.3, -0.25) is 4.79 Å². The molecule has 0 heterocycles. The topological polar surface area (TPSA) is 58.6 Å². The summed E-state index contributed by atoms with van der Waals surface area (Å²) in [6, 6.07) is 0.140. The summed E-state index contributed by atoms with van der Waals surface area (Å²) in [5.41, 5.74) is -0.281. The van der Waals surface area contributed by atoms with Gasteiger partial charge in [0.25, 0.3) is 0 Å². The Balaban J connectivity index is 2.11. The van der Waals surface area contributed by atoms with Crippen LogP contribution in [0.2, 0.25) is 0 Å². The van der Waals surface area contributed by atoms with Crippen LogP contribution in [0.4, 0.5) is 0 Å². The van der Waals surface area contributed by atoms with Gasteiger partial charge in [0.15, 0.2) is 0 Å². The Kier molecular flexibility index (Phi) is 3.50. The average molecular weight is 201 g/mol. The van der Waals surface area contributed by atoms with Crippen molar-refractivity contribution in [3.8, 4) is 0 Å². The third-order valence-electron chi connectivity index (χ3n) is 2.11. The van der Waals surface area contributed by atoms with Crippen molar-refractivity contribution in [1.29, 1.82) is 0 Å². The first kappa shape index (κ1) is 11.5. The molecule has 0 aliphatic heterocycles. The van der Waals surface area contributed by atoms with Crippen molar-refractivity contribution in [2.75, 3.05) is 6.61 Å². The molecule has 14 heavy (non-hydrogen) atoms. The standard InChI is InChI=1S/C10H19NO3/c1-10(2,3)14-6-9(13)11-7-4-8(12)5-7/h7-8,12H,4-6H2,1-3H3,(H,11,13). The molecule has 0 bridgehead atoms. The molecular weight excluding hydrogens is 182 g/mol. The molecule has 0 spiro atoms. The molecular formula is C10H19NO3. The zero-order valence-electron chi connectivity index (χ0n) is 9.04. The summed E-state index contributed by atoms with van der Waals surface area (Å²) in [5, 5.41) is 11.8. The van der Waals surface area contributed by atoms with Crippen LogP contribution in [0, 0.1) is 0 Å². The summed E-state index contributed by atoms with van der Waals surface area (Å²) in [5.74, 6) is -0.100. The van der Waals surface area contributed by atoms with E-state index in [4.69, 9.17) is 9.84 Å². The van der Waals surface area contributed by atoms with Crippen LogP contribution in [-0.4, -0.2) is 35.4 Å². The number of hydrogen-bond acceptors (Lipinski definition) is 3. The molecule has 82 valence electrons. The lowest BCUT2D eigenvalue weighted by atomic mass is 9.89. The number of hydrogen-bond donors (Lipinski definition) is 2. The molecule has 1 rings (SSSR count). The normalized spacial score (nSPS) is 26.9. The second kappa shape index (κ2) is 4.28. The molecule has 0 saturated heterocycles. The Bertz CT molecular complexity index is 204. The van der Waals surface area contributed by atoms with Crippen LogP contribution >= 0.6 is 0 Å². The maximum absolute atomic E-state index is 11.3. The van der Waals surface area contributed by atoms with Crippen LogP contribution in [0.15, 0.2) is 0 Å². The molecule has 4 nitrogen and oxygen atoms in total. The highest BCUT2D eigenvalue weighted by Gasteiger charge is 2.28. The van der Waals surface area contributed by atoms with Crippen LogP contribution in [0.25, 0.3) is 0 Å². The molecule has 1 saturated carbocycles. The van der Waals surface area contributed by atoms with Gasteiger partial charge in [0.2, 0.25) is 5.91 Å². The number of aliphatic hydroxyl groups is 1. The third kappa shape index (κ3) is 4.07. The Morgan fingerprint density at radius 3 is 2.50 bits per heavy atom. The number of rotatable bonds is 3. The second-order valence-corrected chi connectivity index (χ2v) is 4.79. The molecule has 0 unspecified atom stereocenters. The quantitative estimate of drug-likeness (QED) is 0.696. The van der Waals surface area contributed by atoms with Crippen LogP contribution in [0.1, 0.15) is 33.6 Å². The molecule has 2 N–H and O–H groups in total. The number of aliphatic hydroxyl groups excluding tert-OH is 1. The Labute approximate surface area is 84.6 Å². The van der Waals surface area contributed by atoms with E-state index in [0.29, 0.717) is 12.8 Å². The zero-order valence-corrected chi connectivity index (χ0v) is 9.04. The molecule has 0 aromatic carbocycles. The van der Waals surface area contributed by atoms with Crippen LogP contribution in [0.3, 0.4) is 0 Å². The van der Waals surface area contributed by atoms with Gasteiger partial charge in [-0.05, 0) is 33.6 Å². The van der Waals surface area contributed by atoms with Gasteiger partial charge in [0.1, 0.15) is 6.61 Å². The Morgan fingerprint density at radius 2 is 2.07 bits per heavy atom. The predicted octanol–water partition coefficient (Wildman–Crippen LogP) is 0.441. The fourth-order valence-corrected chi connectivity index (χ4v) is 1.26. The first-order valence-corrected chi connectivity index (χ1v) is 4.98. The lowest BCUT2D eigenvalue weighted by molar-refractivity contribution is -0.132. The molecule has 0 aromatic rings. The highest BCUT2D eigenvalue weighted by Crippen LogP contribution is 2.19. The molecule has 0 atom stereocenters. The van der Waals surface area contributed by atoms with E-state index in [-0.39, 0.29) is 30.3 Å².